The zero-order valence-electron chi connectivity index (χ0n) is 17.7. The van der Waals surface area contributed by atoms with Gasteiger partial charge in [0, 0.05) is 11.4 Å². The van der Waals surface area contributed by atoms with Crippen molar-refractivity contribution in [1.82, 2.24) is 15.0 Å². The van der Waals surface area contributed by atoms with Crippen molar-refractivity contribution < 1.29 is 44.6 Å². The number of hydrogen-bond acceptors (Lipinski definition) is 15. The van der Waals surface area contributed by atoms with Gasteiger partial charge in [0.1, 0.15) is 4.90 Å². The predicted octanol–water partition coefficient (Wildman–Crippen LogP) is 2.10. The minimum absolute atomic E-state index is 0.0808. The van der Waals surface area contributed by atoms with E-state index in [1.807, 2.05) is 0 Å². The van der Waals surface area contributed by atoms with Crippen LogP contribution in [0.3, 0.4) is 0 Å². The van der Waals surface area contributed by atoms with Crippen molar-refractivity contribution in [3.05, 3.63) is 48.5 Å². The smallest absolute Gasteiger partial charge is 0.315 e. The van der Waals surface area contributed by atoms with Crippen LogP contribution in [-0.4, -0.2) is 54.0 Å². The van der Waals surface area contributed by atoms with E-state index in [1.165, 1.54) is 30.3 Å². The van der Waals surface area contributed by atoms with Crippen LogP contribution in [0.25, 0.3) is 0 Å². The number of nitrogens with two attached hydrogens (primary N) is 1. The number of sulfone groups is 1. The van der Waals surface area contributed by atoms with E-state index in [4.69, 9.17) is 19.7 Å². The first-order valence-corrected chi connectivity index (χ1v) is 13.2. The molecule has 0 atom stereocenters. The van der Waals surface area contributed by atoms with Crippen LogP contribution in [0.2, 0.25) is 0 Å². The molecule has 0 bridgehead atoms. The minimum Gasteiger partial charge on any atom is -0.398 e. The van der Waals surface area contributed by atoms with Gasteiger partial charge < -0.3 is 16.4 Å². The van der Waals surface area contributed by atoms with Gasteiger partial charge in [-0.3, -0.25) is 8.74 Å². The number of aromatic nitrogens is 3. The van der Waals surface area contributed by atoms with E-state index in [2.05, 4.69) is 35.0 Å². The van der Waals surface area contributed by atoms with E-state index >= 15 is 0 Å². The summed E-state index contributed by atoms with van der Waals surface area (Å²) in [4.78, 5) is 10.4. The second kappa shape index (κ2) is 11.7. The first-order valence-electron chi connectivity index (χ1n) is 9.40. The number of nitrogens with one attached hydrogen (secondary N) is 2. The maximum absolute atomic E-state index is 14.0. The van der Waals surface area contributed by atoms with Crippen molar-refractivity contribution in [3.63, 3.8) is 0 Å². The zero-order valence-corrected chi connectivity index (χ0v) is 20.2. The Morgan fingerprint density at radius 2 is 1.67 bits per heavy atom. The molecule has 3 aromatic rings. The summed E-state index contributed by atoms with van der Waals surface area (Å²) in [5, 5.41) is 16.6. The first kappa shape index (κ1) is 27.4. The number of rotatable bonds is 12. The second-order valence-corrected chi connectivity index (χ2v) is 10.6. The quantitative estimate of drug-likeness (QED) is 0.0530. The molecule has 1 heterocycles. The van der Waals surface area contributed by atoms with Gasteiger partial charge in [0.25, 0.3) is 10.1 Å². The van der Waals surface area contributed by atoms with Gasteiger partial charge in [0.15, 0.2) is 22.2 Å². The van der Waals surface area contributed by atoms with Crippen LogP contribution < -0.4 is 16.4 Å². The Morgan fingerprint density at radius 3 is 2.28 bits per heavy atom. The molecular formula is C17H17FN6O9S3. The molecule has 194 valence electrons. The van der Waals surface area contributed by atoms with E-state index < -0.39 is 36.7 Å². The molecule has 0 saturated carbocycles. The molecule has 0 unspecified atom stereocenters. The highest BCUT2D eigenvalue weighted by Crippen LogP contribution is 2.25. The summed E-state index contributed by atoms with van der Waals surface area (Å²) in [6.45, 7) is -0.280. The van der Waals surface area contributed by atoms with Crippen LogP contribution in [0.5, 0.6) is 0 Å². The summed E-state index contributed by atoms with van der Waals surface area (Å²) in [5.74, 6) is -0.980. The first-order chi connectivity index (χ1) is 17.0. The van der Waals surface area contributed by atoms with E-state index in [1.54, 1.807) is 0 Å². The lowest BCUT2D eigenvalue weighted by molar-refractivity contribution is -0.434. The maximum atomic E-state index is 14.0. The summed E-state index contributed by atoms with van der Waals surface area (Å²) < 4.78 is 79.3. The lowest BCUT2D eigenvalue weighted by Gasteiger charge is -2.10. The van der Waals surface area contributed by atoms with E-state index in [0.29, 0.717) is 0 Å². The van der Waals surface area contributed by atoms with E-state index in [-0.39, 0.29) is 52.8 Å². The largest absolute Gasteiger partial charge is 0.398 e. The molecular weight excluding hydrogens is 547 g/mol. The fourth-order valence-electron chi connectivity index (χ4n) is 2.68. The third-order valence-electron chi connectivity index (χ3n) is 4.14. The Labute approximate surface area is 207 Å². The summed E-state index contributed by atoms with van der Waals surface area (Å²) in [6, 6.07) is 8.96. The third kappa shape index (κ3) is 7.66. The third-order valence-corrected chi connectivity index (χ3v) is 7.13. The van der Waals surface area contributed by atoms with Crippen molar-refractivity contribution in [3.8, 4) is 0 Å². The molecule has 0 saturated heterocycles. The average molecular weight is 565 g/mol. The Balaban J connectivity index is 1.74. The molecule has 0 amide bonds. The van der Waals surface area contributed by atoms with Gasteiger partial charge >= 0.3 is 6.08 Å². The van der Waals surface area contributed by atoms with Gasteiger partial charge in [0.05, 0.1) is 22.9 Å². The van der Waals surface area contributed by atoms with E-state index in [0.717, 1.165) is 12.1 Å². The van der Waals surface area contributed by atoms with Crippen LogP contribution >= 0.6 is 12.3 Å². The van der Waals surface area contributed by atoms with Crippen molar-refractivity contribution >= 4 is 61.2 Å². The Bertz CT molecular complexity index is 1440. The maximum Gasteiger partial charge on any atom is 0.315 e. The topological polar surface area (TPSA) is 225 Å². The molecule has 0 aliphatic rings. The molecule has 2 aromatic carbocycles. The number of benzene rings is 2. The van der Waals surface area contributed by atoms with Crippen molar-refractivity contribution in [2.45, 2.75) is 9.79 Å². The molecule has 15 nitrogen and oxygen atoms in total. The number of nitrogens with zero attached hydrogens (tertiary/aromatic N) is 3. The number of hydrogen-bond donors (Lipinski definition) is 5. The average Bonchev–Trinajstić information content (AvgIpc) is 2.78. The molecule has 3 rings (SSSR count). The van der Waals surface area contributed by atoms with Gasteiger partial charge in [-0.25, -0.2) is 13.7 Å². The van der Waals surface area contributed by atoms with Crippen LogP contribution in [0.4, 0.5) is 33.3 Å². The highest BCUT2D eigenvalue weighted by molar-refractivity contribution is 7.91. The molecule has 0 aliphatic heterocycles. The fourth-order valence-corrected chi connectivity index (χ4v) is 4.72. The molecule has 0 aliphatic carbocycles. The lowest BCUT2D eigenvalue weighted by atomic mass is 10.3. The molecule has 36 heavy (non-hydrogen) atoms. The minimum atomic E-state index is -4.53. The van der Waals surface area contributed by atoms with Crippen LogP contribution in [0.1, 0.15) is 0 Å². The second-order valence-electron chi connectivity index (χ2n) is 6.61. The van der Waals surface area contributed by atoms with Crippen LogP contribution in [0, 0.1) is 6.08 Å². The Kier molecular flexibility index (Phi) is 8.92. The lowest BCUT2D eigenvalue weighted by Crippen LogP contribution is -2.11. The van der Waals surface area contributed by atoms with Crippen molar-refractivity contribution in [2.75, 3.05) is 28.7 Å². The van der Waals surface area contributed by atoms with Crippen molar-refractivity contribution in [2.24, 2.45) is 0 Å². The summed E-state index contributed by atoms with van der Waals surface area (Å²) in [7, 11) is -8.32. The standard InChI is InChI=1S/C17H17FN6O9S3/c18-15-22-16(24-17(23-15)21-11-4-5-14(13(19)9-11)36(28,29)30)20-10-2-1-3-12(8-10)35(26,27)7-6-31-34-33-32-25/h1-5,8-9,25H,6-7,19H2,(H,28,29,30)(H2,20,21,22,23,24). The van der Waals surface area contributed by atoms with Gasteiger partial charge in [-0.15, -0.1) is 4.33 Å². The molecule has 0 radical (unpaired) electrons. The molecule has 0 fully saturated rings. The van der Waals surface area contributed by atoms with Crippen LogP contribution in [0.15, 0.2) is 52.3 Å². The molecule has 0 spiro atoms. The van der Waals surface area contributed by atoms with Gasteiger partial charge in [-0.2, -0.15) is 27.8 Å². The molecule has 6 N–H and O–H groups in total. The summed E-state index contributed by atoms with van der Waals surface area (Å²) >= 11 is 0.242. The highest BCUT2D eigenvalue weighted by atomic mass is 32.2. The Morgan fingerprint density at radius 1 is 1.00 bits per heavy atom. The normalized spacial score (nSPS) is 11.9. The molecule has 19 heteroatoms. The van der Waals surface area contributed by atoms with Gasteiger partial charge in [0.2, 0.25) is 11.9 Å². The number of anilines is 5. The number of nitrogen functional groups attached to an aromatic ring is 1. The monoisotopic (exact) mass is 564 g/mol. The SMILES string of the molecule is Nc1cc(Nc2nc(F)nc(Nc3cccc(S(=O)(=O)CCOSOOO)c3)n2)ccc1S(=O)(=O)O. The summed E-state index contributed by atoms with van der Waals surface area (Å²) in [5.41, 5.74) is 5.75. The van der Waals surface area contributed by atoms with E-state index in [9.17, 15) is 21.2 Å². The van der Waals surface area contributed by atoms with Crippen LogP contribution in [-0.2, 0) is 33.5 Å². The fraction of sp³-hybridized carbons (Fsp3) is 0.118. The number of halogens is 1. The van der Waals surface area contributed by atoms with Crippen molar-refractivity contribution in [1.29, 1.82) is 0 Å². The van der Waals surface area contributed by atoms with Gasteiger partial charge in [-0.1, -0.05) is 11.1 Å². The predicted molar refractivity (Wildman–Crippen MR) is 124 cm³/mol. The molecule has 1 aromatic heterocycles. The zero-order chi connectivity index (χ0) is 26.3. The van der Waals surface area contributed by atoms with Gasteiger partial charge in [-0.05, 0) is 36.4 Å². The highest BCUT2D eigenvalue weighted by Gasteiger charge is 2.17. The summed E-state index contributed by atoms with van der Waals surface area (Å²) in [6.07, 6.45) is -1.18. The Hall–Kier alpha value is -3.17.